The van der Waals surface area contributed by atoms with Crippen molar-refractivity contribution in [3.63, 3.8) is 0 Å². The molecule has 0 N–H and O–H groups in total. The molecular formula is C19H23NO4. The summed E-state index contributed by atoms with van der Waals surface area (Å²) in [4.78, 5) is 26.3. The van der Waals surface area contributed by atoms with Gasteiger partial charge in [-0.2, -0.15) is 0 Å². The molecule has 0 unspecified atom stereocenters. The van der Waals surface area contributed by atoms with Gasteiger partial charge in [0.2, 0.25) is 5.91 Å². The van der Waals surface area contributed by atoms with Crippen LogP contribution in [0, 0.1) is 6.92 Å². The van der Waals surface area contributed by atoms with Gasteiger partial charge in [0.25, 0.3) is 0 Å². The minimum atomic E-state index is -0.0797. The summed E-state index contributed by atoms with van der Waals surface area (Å²) < 4.78 is 10.4. The summed E-state index contributed by atoms with van der Waals surface area (Å²) in [5.41, 5.74) is 1.75. The Morgan fingerprint density at radius 2 is 1.88 bits per heavy atom. The topological polar surface area (TPSA) is 59.8 Å². The Kier molecular flexibility index (Phi) is 6.75. The number of methoxy groups -OCH3 is 1. The quantitative estimate of drug-likeness (QED) is 0.663. The summed E-state index contributed by atoms with van der Waals surface area (Å²) >= 11 is 0. The molecule has 0 spiro atoms. The maximum absolute atomic E-state index is 12.4. The molecule has 0 bridgehead atoms. The molecule has 1 amide bonds. The van der Waals surface area contributed by atoms with Gasteiger partial charge in [0, 0.05) is 32.1 Å². The highest BCUT2D eigenvalue weighted by Gasteiger charge is 2.17. The Hall–Kier alpha value is -2.40. The van der Waals surface area contributed by atoms with Gasteiger partial charge < -0.3 is 14.1 Å². The third kappa shape index (κ3) is 5.35. The third-order valence-corrected chi connectivity index (χ3v) is 3.78. The maximum Gasteiger partial charge on any atom is 0.223 e. The van der Waals surface area contributed by atoms with Crippen LogP contribution in [0.3, 0.4) is 0 Å². The molecule has 0 saturated carbocycles. The van der Waals surface area contributed by atoms with Gasteiger partial charge in [0.05, 0.1) is 19.4 Å². The van der Waals surface area contributed by atoms with Gasteiger partial charge in [0.15, 0.2) is 5.78 Å². The van der Waals surface area contributed by atoms with Gasteiger partial charge in [-0.1, -0.05) is 29.8 Å². The summed E-state index contributed by atoms with van der Waals surface area (Å²) in [6.07, 6.45) is 1.95. The second kappa shape index (κ2) is 9.03. The molecule has 0 saturated heterocycles. The molecule has 0 radical (unpaired) electrons. The van der Waals surface area contributed by atoms with E-state index in [4.69, 9.17) is 9.15 Å². The molecule has 128 valence electrons. The SMILES string of the molecule is COCCN(Cc1ccco1)C(=O)CCC(=O)c1ccc(C)cc1. The van der Waals surface area contributed by atoms with Crippen LogP contribution in [0.1, 0.15) is 34.5 Å². The van der Waals surface area contributed by atoms with Crippen LogP contribution in [-0.4, -0.2) is 36.9 Å². The fourth-order valence-electron chi connectivity index (χ4n) is 2.35. The van der Waals surface area contributed by atoms with Crippen molar-refractivity contribution in [2.75, 3.05) is 20.3 Å². The highest BCUT2D eigenvalue weighted by Crippen LogP contribution is 2.11. The highest BCUT2D eigenvalue weighted by molar-refractivity contribution is 5.97. The molecule has 1 aromatic heterocycles. The molecule has 0 aliphatic heterocycles. The zero-order valence-corrected chi connectivity index (χ0v) is 14.2. The van der Waals surface area contributed by atoms with E-state index in [1.807, 2.05) is 25.1 Å². The first-order valence-electron chi connectivity index (χ1n) is 7.99. The van der Waals surface area contributed by atoms with Crippen molar-refractivity contribution in [3.05, 3.63) is 59.5 Å². The van der Waals surface area contributed by atoms with Gasteiger partial charge in [-0.3, -0.25) is 9.59 Å². The van der Waals surface area contributed by atoms with Crippen LogP contribution in [0.5, 0.6) is 0 Å². The van der Waals surface area contributed by atoms with Crippen molar-refractivity contribution in [2.24, 2.45) is 0 Å². The number of ketones is 1. The van der Waals surface area contributed by atoms with Gasteiger partial charge in [0.1, 0.15) is 5.76 Å². The highest BCUT2D eigenvalue weighted by atomic mass is 16.5. The number of hydrogen-bond donors (Lipinski definition) is 0. The number of rotatable bonds is 9. The standard InChI is InChI=1S/C19H23NO4/c1-15-5-7-16(8-6-15)18(21)9-10-19(22)20(11-13-23-2)14-17-4-3-12-24-17/h3-8,12H,9-11,13-14H2,1-2H3. The molecule has 5 heteroatoms. The molecule has 1 aromatic carbocycles. The minimum Gasteiger partial charge on any atom is -0.467 e. The van der Waals surface area contributed by atoms with Crippen LogP contribution in [0.4, 0.5) is 0 Å². The Morgan fingerprint density at radius 3 is 2.50 bits per heavy atom. The first kappa shape index (κ1) is 17.9. The summed E-state index contributed by atoms with van der Waals surface area (Å²) in [6, 6.07) is 11.0. The molecular weight excluding hydrogens is 306 g/mol. The lowest BCUT2D eigenvalue weighted by Gasteiger charge is -2.21. The van der Waals surface area contributed by atoms with E-state index in [9.17, 15) is 9.59 Å². The van der Waals surface area contributed by atoms with E-state index in [-0.39, 0.29) is 24.5 Å². The van der Waals surface area contributed by atoms with E-state index in [1.54, 1.807) is 36.5 Å². The molecule has 0 fully saturated rings. The van der Waals surface area contributed by atoms with Crippen molar-refractivity contribution >= 4 is 11.7 Å². The lowest BCUT2D eigenvalue weighted by Crippen LogP contribution is -2.33. The number of aryl methyl sites for hydroxylation is 1. The van der Waals surface area contributed by atoms with Crippen LogP contribution in [0.25, 0.3) is 0 Å². The molecule has 0 aliphatic rings. The Balaban J connectivity index is 1.91. The van der Waals surface area contributed by atoms with Crippen LogP contribution in [0.15, 0.2) is 47.1 Å². The first-order valence-corrected chi connectivity index (χ1v) is 7.99. The number of ether oxygens (including phenoxy) is 1. The van der Waals surface area contributed by atoms with E-state index in [1.165, 1.54) is 0 Å². The van der Waals surface area contributed by atoms with Gasteiger partial charge in [-0.05, 0) is 19.1 Å². The second-order valence-electron chi connectivity index (χ2n) is 5.68. The maximum atomic E-state index is 12.4. The smallest absolute Gasteiger partial charge is 0.223 e. The van der Waals surface area contributed by atoms with Crippen molar-refractivity contribution < 1.29 is 18.7 Å². The summed E-state index contributed by atoms with van der Waals surface area (Å²) in [5.74, 6) is 0.612. The normalized spacial score (nSPS) is 10.6. The molecule has 5 nitrogen and oxygen atoms in total. The Bertz CT molecular complexity index is 647. The summed E-state index contributed by atoms with van der Waals surface area (Å²) in [5, 5.41) is 0. The van der Waals surface area contributed by atoms with Gasteiger partial charge in [-0.25, -0.2) is 0 Å². The average molecular weight is 329 g/mol. The number of carbonyl (C=O) groups is 2. The number of Topliss-reactive ketones (excluding diaryl/α,β-unsaturated/α-hetero) is 1. The first-order chi connectivity index (χ1) is 11.6. The summed E-state index contributed by atoms with van der Waals surface area (Å²) in [7, 11) is 1.59. The largest absolute Gasteiger partial charge is 0.467 e. The van der Waals surface area contributed by atoms with E-state index < -0.39 is 0 Å². The minimum absolute atomic E-state index is 0.0203. The van der Waals surface area contributed by atoms with Crippen molar-refractivity contribution in [1.29, 1.82) is 0 Å². The average Bonchev–Trinajstić information content (AvgIpc) is 3.10. The molecule has 0 atom stereocenters. The molecule has 24 heavy (non-hydrogen) atoms. The monoisotopic (exact) mass is 329 g/mol. The molecule has 2 aromatic rings. The predicted octanol–water partition coefficient (Wildman–Crippen LogP) is 3.23. The van der Waals surface area contributed by atoms with Crippen LogP contribution >= 0.6 is 0 Å². The number of benzene rings is 1. The van der Waals surface area contributed by atoms with Gasteiger partial charge in [-0.15, -0.1) is 0 Å². The predicted molar refractivity (Wildman–Crippen MR) is 90.7 cm³/mol. The lowest BCUT2D eigenvalue weighted by atomic mass is 10.0. The van der Waals surface area contributed by atoms with Crippen molar-refractivity contribution in [3.8, 4) is 0 Å². The van der Waals surface area contributed by atoms with E-state index in [2.05, 4.69) is 0 Å². The fourth-order valence-corrected chi connectivity index (χ4v) is 2.35. The fraction of sp³-hybridized carbons (Fsp3) is 0.368. The second-order valence-corrected chi connectivity index (χ2v) is 5.68. The van der Waals surface area contributed by atoms with Crippen molar-refractivity contribution in [2.45, 2.75) is 26.3 Å². The third-order valence-electron chi connectivity index (χ3n) is 3.78. The van der Waals surface area contributed by atoms with Crippen LogP contribution in [-0.2, 0) is 16.1 Å². The molecule has 1 heterocycles. The van der Waals surface area contributed by atoms with E-state index in [0.717, 1.165) is 5.56 Å². The Labute approximate surface area is 142 Å². The zero-order chi connectivity index (χ0) is 17.4. The van der Waals surface area contributed by atoms with Crippen LogP contribution < -0.4 is 0 Å². The number of carbonyl (C=O) groups excluding carboxylic acids is 2. The number of amides is 1. The Morgan fingerprint density at radius 1 is 1.12 bits per heavy atom. The number of furan rings is 1. The molecule has 2 rings (SSSR count). The zero-order valence-electron chi connectivity index (χ0n) is 14.2. The molecule has 0 aliphatic carbocycles. The number of hydrogen-bond acceptors (Lipinski definition) is 4. The van der Waals surface area contributed by atoms with Crippen molar-refractivity contribution in [1.82, 2.24) is 4.90 Å². The van der Waals surface area contributed by atoms with E-state index >= 15 is 0 Å². The number of nitrogens with zero attached hydrogens (tertiary/aromatic N) is 1. The van der Waals surface area contributed by atoms with Gasteiger partial charge >= 0.3 is 0 Å². The lowest BCUT2D eigenvalue weighted by molar-refractivity contribution is -0.132. The van der Waals surface area contributed by atoms with Crippen LogP contribution in [0.2, 0.25) is 0 Å². The van der Waals surface area contributed by atoms with E-state index in [0.29, 0.717) is 31.0 Å². The summed E-state index contributed by atoms with van der Waals surface area (Å²) in [6.45, 7) is 3.27.